The molecule has 0 saturated carbocycles. The predicted octanol–water partition coefficient (Wildman–Crippen LogP) is 2.89. The summed E-state index contributed by atoms with van der Waals surface area (Å²) in [4.78, 5) is 0. The summed E-state index contributed by atoms with van der Waals surface area (Å²) < 4.78 is 18.8. The van der Waals surface area contributed by atoms with E-state index >= 15 is 0 Å². The molecule has 1 unspecified atom stereocenters. The van der Waals surface area contributed by atoms with Crippen molar-refractivity contribution in [3.05, 3.63) is 33.1 Å². The highest BCUT2D eigenvalue weighted by atomic mass is 127. The molecule has 0 amide bonds. The van der Waals surface area contributed by atoms with Crippen LogP contribution in [0.3, 0.4) is 0 Å². The van der Waals surface area contributed by atoms with E-state index in [0.717, 1.165) is 9.99 Å². The van der Waals surface area contributed by atoms with Crippen LogP contribution in [0.1, 0.15) is 25.0 Å². The molecule has 15 heavy (non-hydrogen) atoms. The highest BCUT2D eigenvalue weighted by molar-refractivity contribution is 14.1. The zero-order valence-electron chi connectivity index (χ0n) is 8.54. The zero-order chi connectivity index (χ0) is 11.3. The third kappa shape index (κ3) is 4.04. The molecule has 0 spiro atoms. The lowest BCUT2D eigenvalue weighted by Gasteiger charge is -2.12. The van der Waals surface area contributed by atoms with E-state index < -0.39 is 6.10 Å². The zero-order valence-corrected chi connectivity index (χ0v) is 10.7. The maximum absolute atomic E-state index is 12.8. The molecule has 1 rings (SSSR count). The number of hydrogen-bond donors (Lipinski definition) is 1. The Morgan fingerprint density at radius 3 is 2.87 bits per heavy atom. The molecule has 1 aromatic carbocycles. The third-order valence-electron chi connectivity index (χ3n) is 1.95. The molecular formula is C11H14FIO2. The molecular weight excluding hydrogens is 310 g/mol. The average molecular weight is 324 g/mol. The Labute approximate surface area is 103 Å². The molecule has 1 N–H and O–H groups in total. The Hall–Kier alpha value is -0.200. The van der Waals surface area contributed by atoms with Crippen LogP contribution in [-0.2, 0) is 4.74 Å². The number of halogens is 2. The van der Waals surface area contributed by atoms with Gasteiger partial charge in [-0.3, -0.25) is 0 Å². The number of rotatable bonds is 5. The quantitative estimate of drug-likeness (QED) is 0.667. The van der Waals surface area contributed by atoms with Crippen LogP contribution >= 0.6 is 22.6 Å². The highest BCUT2D eigenvalue weighted by Crippen LogP contribution is 2.21. The van der Waals surface area contributed by atoms with Crippen LogP contribution in [0.4, 0.5) is 4.39 Å². The van der Waals surface area contributed by atoms with Gasteiger partial charge in [0.1, 0.15) is 11.9 Å². The van der Waals surface area contributed by atoms with Gasteiger partial charge in [-0.1, -0.05) is 13.0 Å². The van der Waals surface area contributed by atoms with Gasteiger partial charge in [-0.2, -0.15) is 0 Å². The maximum atomic E-state index is 12.8. The van der Waals surface area contributed by atoms with Gasteiger partial charge in [-0.05, 0) is 46.7 Å². The SMILES string of the molecule is CCCOCC(O)c1ccc(F)cc1I. The van der Waals surface area contributed by atoms with Crippen LogP contribution in [0.5, 0.6) is 0 Å². The smallest absolute Gasteiger partial charge is 0.124 e. The van der Waals surface area contributed by atoms with Crippen LogP contribution in [0.25, 0.3) is 0 Å². The van der Waals surface area contributed by atoms with Crippen LogP contribution in [0.2, 0.25) is 0 Å². The fourth-order valence-corrected chi connectivity index (χ4v) is 2.04. The molecule has 0 aromatic heterocycles. The number of benzene rings is 1. The van der Waals surface area contributed by atoms with Crippen molar-refractivity contribution in [3.8, 4) is 0 Å². The monoisotopic (exact) mass is 324 g/mol. The Morgan fingerprint density at radius 1 is 1.53 bits per heavy atom. The van der Waals surface area contributed by atoms with E-state index in [1.54, 1.807) is 6.07 Å². The molecule has 2 nitrogen and oxygen atoms in total. The minimum atomic E-state index is -0.677. The van der Waals surface area contributed by atoms with Crippen molar-refractivity contribution in [2.24, 2.45) is 0 Å². The number of ether oxygens (including phenoxy) is 1. The lowest BCUT2D eigenvalue weighted by atomic mass is 10.1. The summed E-state index contributed by atoms with van der Waals surface area (Å²) in [5, 5.41) is 9.77. The van der Waals surface area contributed by atoms with Crippen molar-refractivity contribution in [1.29, 1.82) is 0 Å². The first-order valence-electron chi connectivity index (χ1n) is 4.86. The van der Waals surface area contributed by atoms with E-state index in [4.69, 9.17) is 4.74 Å². The first kappa shape index (κ1) is 12.9. The second kappa shape index (κ2) is 6.40. The molecule has 0 radical (unpaired) electrons. The first-order chi connectivity index (χ1) is 7.15. The lowest BCUT2D eigenvalue weighted by molar-refractivity contribution is 0.0359. The van der Waals surface area contributed by atoms with Gasteiger partial charge in [0.15, 0.2) is 0 Å². The second-order valence-electron chi connectivity index (χ2n) is 3.26. The number of hydrogen-bond acceptors (Lipinski definition) is 2. The third-order valence-corrected chi connectivity index (χ3v) is 2.88. The molecule has 1 aromatic rings. The van der Waals surface area contributed by atoms with E-state index in [1.807, 2.05) is 29.5 Å². The van der Waals surface area contributed by atoms with Crippen LogP contribution in [-0.4, -0.2) is 18.3 Å². The summed E-state index contributed by atoms with van der Waals surface area (Å²) in [6.07, 6.45) is 0.247. The standard InChI is InChI=1S/C11H14FIO2/c1-2-5-15-7-11(14)9-4-3-8(12)6-10(9)13/h3-4,6,11,14H,2,5,7H2,1H3. The predicted molar refractivity (Wildman–Crippen MR) is 65.2 cm³/mol. The molecule has 0 heterocycles. The van der Waals surface area contributed by atoms with Gasteiger partial charge in [-0.25, -0.2) is 4.39 Å². The van der Waals surface area contributed by atoms with Crippen LogP contribution in [0.15, 0.2) is 18.2 Å². The Morgan fingerprint density at radius 2 is 2.27 bits per heavy atom. The topological polar surface area (TPSA) is 29.5 Å². The van der Waals surface area contributed by atoms with Crippen molar-refractivity contribution in [3.63, 3.8) is 0 Å². The molecule has 0 bridgehead atoms. The summed E-state index contributed by atoms with van der Waals surface area (Å²) in [5.41, 5.74) is 0.716. The average Bonchev–Trinajstić information content (AvgIpc) is 2.17. The van der Waals surface area contributed by atoms with Gasteiger partial charge in [0.05, 0.1) is 6.61 Å². The van der Waals surface area contributed by atoms with Crippen molar-refractivity contribution in [1.82, 2.24) is 0 Å². The Kier molecular flexibility index (Phi) is 5.49. The molecule has 1 atom stereocenters. The second-order valence-corrected chi connectivity index (χ2v) is 4.42. The minimum Gasteiger partial charge on any atom is -0.386 e. The molecule has 0 fully saturated rings. The Balaban J connectivity index is 2.61. The van der Waals surface area contributed by atoms with Gasteiger partial charge >= 0.3 is 0 Å². The van der Waals surface area contributed by atoms with E-state index in [2.05, 4.69) is 0 Å². The fourth-order valence-electron chi connectivity index (χ4n) is 1.20. The van der Waals surface area contributed by atoms with Gasteiger partial charge < -0.3 is 9.84 Å². The van der Waals surface area contributed by atoms with E-state index in [9.17, 15) is 9.50 Å². The summed E-state index contributed by atoms with van der Waals surface area (Å²) in [6.45, 7) is 2.90. The van der Waals surface area contributed by atoms with Crippen molar-refractivity contribution in [2.75, 3.05) is 13.2 Å². The van der Waals surface area contributed by atoms with Crippen molar-refractivity contribution < 1.29 is 14.2 Å². The summed E-state index contributed by atoms with van der Waals surface area (Å²) in [7, 11) is 0. The van der Waals surface area contributed by atoms with E-state index in [1.165, 1.54) is 12.1 Å². The maximum Gasteiger partial charge on any atom is 0.124 e. The van der Waals surface area contributed by atoms with Crippen LogP contribution < -0.4 is 0 Å². The van der Waals surface area contributed by atoms with Gasteiger partial charge in [0.25, 0.3) is 0 Å². The molecule has 0 aliphatic rings. The van der Waals surface area contributed by atoms with Crippen molar-refractivity contribution >= 4 is 22.6 Å². The highest BCUT2D eigenvalue weighted by Gasteiger charge is 2.11. The summed E-state index contributed by atoms with van der Waals surface area (Å²) >= 11 is 2.01. The molecule has 0 aliphatic heterocycles. The lowest BCUT2D eigenvalue weighted by Crippen LogP contribution is -2.09. The number of aliphatic hydroxyl groups is 1. The number of aliphatic hydroxyl groups excluding tert-OH is 1. The van der Waals surface area contributed by atoms with Crippen molar-refractivity contribution in [2.45, 2.75) is 19.4 Å². The summed E-state index contributed by atoms with van der Waals surface area (Å²) in [6, 6.07) is 4.34. The van der Waals surface area contributed by atoms with Gasteiger partial charge in [0.2, 0.25) is 0 Å². The molecule has 4 heteroatoms. The summed E-state index contributed by atoms with van der Waals surface area (Å²) in [5.74, 6) is -0.287. The largest absolute Gasteiger partial charge is 0.386 e. The van der Waals surface area contributed by atoms with Crippen LogP contribution in [0, 0.1) is 9.39 Å². The minimum absolute atomic E-state index is 0.259. The van der Waals surface area contributed by atoms with Gasteiger partial charge in [0, 0.05) is 10.2 Å². The van der Waals surface area contributed by atoms with E-state index in [-0.39, 0.29) is 12.4 Å². The fraction of sp³-hybridized carbons (Fsp3) is 0.455. The molecule has 84 valence electrons. The Bertz CT molecular complexity index is 317. The van der Waals surface area contributed by atoms with Gasteiger partial charge in [-0.15, -0.1) is 0 Å². The normalized spacial score (nSPS) is 12.8. The van der Waals surface area contributed by atoms with E-state index in [0.29, 0.717) is 12.2 Å². The first-order valence-corrected chi connectivity index (χ1v) is 5.93. The molecule has 0 aliphatic carbocycles. The molecule has 0 saturated heterocycles.